The van der Waals surface area contributed by atoms with Gasteiger partial charge in [-0.1, -0.05) is 39.5 Å². The number of halogens is 4. The Morgan fingerprint density at radius 2 is 1.90 bits per heavy atom. The second kappa shape index (κ2) is 7.57. The summed E-state index contributed by atoms with van der Waals surface area (Å²) >= 11 is 0. The van der Waals surface area contributed by atoms with Crippen LogP contribution in [0.15, 0.2) is 18.2 Å². The number of alkyl halides is 3. The normalized spacial score (nSPS) is 13.2. The molecular weight excluding hydrogens is 284 g/mol. The minimum atomic E-state index is -4.57. The number of carbonyl (C=O) groups excluding carboxylic acids is 1. The molecule has 1 aromatic carbocycles. The fourth-order valence-corrected chi connectivity index (χ4v) is 2.23. The summed E-state index contributed by atoms with van der Waals surface area (Å²) < 4.78 is 51.5. The van der Waals surface area contributed by atoms with Crippen LogP contribution >= 0.6 is 0 Å². The molecule has 1 atom stereocenters. The van der Waals surface area contributed by atoms with Crippen LogP contribution in [0.1, 0.15) is 61.9 Å². The van der Waals surface area contributed by atoms with Crippen LogP contribution in [0.4, 0.5) is 17.6 Å². The van der Waals surface area contributed by atoms with Gasteiger partial charge in [-0.05, 0) is 24.1 Å². The third kappa shape index (κ3) is 5.14. The molecule has 0 bridgehead atoms. The average molecular weight is 304 g/mol. The summed E-state index contributed by atoms with van der Waals surface area (Å²) in [6.45, 7) is 3.96. The zero-order chi connectivity index (χ0) is 16.0. The molecule has 0 aliphatic rings. The summed E-state index contributed by atoms with van der Waals surface area (Å²) in [5.74, 6) is -1.36. The maximum absolute atomic E-state index is 13.6. The lowest BCUT2D eigenvalue weighted by atomic mass is 9.91. The lowest BCUT2D eigenvalue weighted by Crippen LogP contribution is -2.12. The van der Waals surface area contributed by atoms with Gasteiger partial charge in [-0.15, -0.1) is 0 Å². The topological polar surface area (TPSA) is 17.1 Å². The third-order valence-corrected chi connectivity index (χ3v) is 3.61. The van der Waals surface area contributed by atoms with Crippen molar-refractivity contribution >= 4 is 5.78 Å². The molecule has 0 heterocycles. The Hall–Kier alpha value is -1.39. The molecule has 0 radical (unpaired) electrons. The number of hydrogen-bond acceptors (Lipinski definition) is 1. The molecule has 0 aliphatic heterocycles. The summed E-state index contributed by atoms with van der Waals surface area (Å²) in [6.07, 6.45) is -0.949. The van der Waals surface area contributed by atoms with Crippen LogP contribution in [-0.4, -0.2) is 5.78 Å². The Morgan fingerprint density at radius 3 is 2.43 bits per heavy atom. The predicted octanol–water partition coefficient (Wildman–Crippen LogP) is 5.63. The zero-order valence-corrected chi connectivity index (χ0v) is 12.3. The van der Waals surface area contributed by atoms with Gasteiger partial charge in [0, 0.05) is 6.42 Å². The quantitative estimate of drug-likeness (QED) is 0.471. The van der Waals surface area contributed by atoms with E-state index in [0.717, 1.165) is 25.7 Å². The number of unbranched alkanes of at least 4 members (excludes halogenated alkanes) is 1. The summed E-state index contributed by atoms with van der Waals surface area (Å²) in [7, 11) is 0. The summed E-state index contributed by atoms with van der Waals surface area (Å²) in [5, 5.41) is 0. The molecule has 1 nitrogen and oxygen atoms in total. The van der Waals surface area contributed by atoms with E-state index in [0.29, 0.717) is 18.2 Å². The van der Waals surface area contributed by atoms with Crippen LogP contribution < -0.4 is 0 Å². The number of hydrogen-bond donors (Lipinski definition) is 0. The highest BCUT2D eigenvalue weighted by molar-refractivity contribution is 5.96. The maximum atomic E-state index is 13.6. The molecule has 5 heteroatoms. The summed E-state index contributed by atoms with van der Waals surface area (Å²) in [5.41, 5.74) is -1.45. The van der Waals surface area contributed by atoms with E-state index in [1.807, 2.05) is 13.8 Å². The van der Waals surface area contributed by atoms with Crippen molar-refractivity contribution in [1.29, 1.82) is 0 Å². The fourth-order valence-electron chi connectivity index (χ4n) is 2.23. The van der Waals surface area contributed by atoms with Crippen molar-refractivity contribution < 1.29 is 22.4 Å². The van der Waals surface area contributed by atoms with Gasteiger partial charge in [0.1, 0.15) is 5.82 Å². The third-order valence-electron chi connectivity index (χ3n) is 3.61. The first kappa shape index (κ1) is 17.7. The minimum Gasteiger partial charge on any atom is -0.294 e. The first-order valence-electron chi connectivity index (χ1n) is 7.19. The van der Waals surface area contributed by atoms with E-state index in [1.165, 1.54) is 0 Å². The van der Waals surface area contributed by atoms with Crippen LogP contribution in [-0.2, 0) is 6.18 Å². The summed E-state index contributed by atoms with van der Waals surface area (Å²) in [4.78, 5) is 12.1. The van der Waals surface area contributed by atoms with Crippen LogP contribution in [0.5, 0.6) is 0 Å². The first-order chi connectivity index (χ1) is 9.79. The Balaban J connectivity index is 2.91. The van der Waals surface area contributed by atoms with Crippen molar-refractivity contribution in [2.24, 2.45) is 5.92 Å². The molecular formula is C16H20F4O. The molecule has 0 amide bonds. The van der Waals surface area contributed by atoms with Crippen molar-refractivity contribution in [3.05, 3.63) is 35.1 Å². The largest absolute Gasteiger partial charge is 0.416 e. The maximum Gasteiger partial charge on any atom is 0.416 e. The Kier molecular flexibility index (Phi) is 6.37. The number of benzene rings is 1. The van der Waals surface area contributed by atoms with E-state index < -0.39 is 28.9 Å². The van der Waals surface area contributed by atoms with Crippen molar-refractivity contribution in [2.75, 3.05) is 0 Å². The van der Waals surface area contributed by atoms with Gasteiger partial charge >= 0.3 is 6.18 Å². The standard InChI is InChI=1S/C16H20F4O/c1-3-5-6-11(4-2)9-15(21)13-10-12(16(18,19)20)7-8-14(13)17/h7-8,10-11H,3-6,9H2,1-2H3. The van der Waals surface area contributed by atoms with E-state index in [4.69, 9.17) is 0 Å². The number of carbonyl (C=O) groups is 1. The van der Waals surface area contributed by atoms with Gasteiger partial charge in [-0.25, -0.2) is 4.39 Å². The van der Waals surface area contributed by atoms with Gasteiger partial charge in [-0.3, -0.25) is 4.79 Å². The van der Waals surface area contributed by atoms with Gasteiger partial charge in [0.15, 0.2) is 5.78 Å². The highest BCUT2D eigenvalue weighted by atomic mass is 19.4. The van der Waals surface area contributed by atoms with Crippen molar-refractivity contribution in [2.45, 2.75) is 52.1 Å². The van der Waals surface area contributed by atoms with E-state index >= 15 is 0 Å². The second-order valence-electron chi connectivity index (χ2n) is 5.24. The van der Waals surface area contributed by atoms with Crippen molar-refractivity contribution in [1.82, 2.24) is 0 Å². The molecule has 0 saturated heterocycles. The van der Waals surface area contributed by atoms with Crippen molar-refractivity contribution in [3.63, 3.8) is 0 Å². The first-order valence-corrected chi connectivity index (χ1v) is 7.19. The highest BCUT2D eigenvalue weighted by Crippen LogP contribution is 2.31. The SMILES string of the molecule is CCCCC(CC)CC(=O)c1cc(C(F)(F)F)ccc1F. The van der Waals surface area contributed by atoms with Crippen LogP contribution in [0.2, 0.25) is 0 Å². The predicted molar refractivity (Wildman–Crippen MR) is 73.7 cm³/mol. The average Bonchev–Trinajstić information content (AvgIpc) is 2.42. The van der Waals surface area contributed by atoms with Crippen LogP contribution in [0, 0.1) is 11.7 Å². The van der Waals surface area contributed by atoms with E-state index in [-0.39, 0.29) is 12.3 Å². The molecule has 0 saturated carbocycles. The lowest BCUT2D eigenvalue weighted by Gasteiger charge is -2.14. The van der Waals surface area contributed by atoms with Crippen LogP contribution in [0.25, 0.3) is 0 Å². The molecule has 118 valence electrons. The molecule has 0 aromatic heterocycles. The van der Waals surface area contributed by atoms with Gasteiger partial charge < -0.3 is 0 Å². The van der Waals surface area contributed by atoms with Gasteiger partial charge in [-0.2, -0.15) is 13.2 Å². The van der Waals surface area contributed by atoms with Gasteiger partial charge in [0.2, 0.25) is 0 Å². The lowest BCUT2D eigenvalue weighted by molar-refractivity contribution is -0.137. The molecule has 1 aromatic rings. The molecule has 1 rings (SSSR count). The monoisotopic (exact) mass is 304 g/mol. The fraction of sp³-hybridized carbons (Fsp3) is 0.562. The number of rotatable bonds is 7. The van der Waals surface area contributed by atoms with Crippen LogP contribution in [0.3, 0.4) is 0 Å². The zero-order valence-electron chi connectivity index (χ0n) is 12.3. The minimum absolute atomic E-state index is 0.0893. The Morgan fingerprint density at radius 1 is 1.24 bits per heavy atom. The highest BCUT2D eigenvalue weighted by Gasteiger charge is 2.32. The smallest absolute Gasteiger partial charge is 0.294 e. The van der Waals surface area contributed by atoms with E-state index in [1.54, 1.807) is 0 Å². The molecule has 0 fully saturated rings. The molecule has 0 aliphatic carbocycles. The van der Waals surface area contributed by atoms with Gasteiger partial charge in [0.25, 0.3) is 0 Å². The number of ketones is 1. The second-order valence-corrected chi connectivity index (χ2v) is 5.24. The molecule has 0 spiro atoms. The molecule has 0 N–H and O–H groups in total. The summed E-state index contributed by atoms with van der Waals surface area (Å²) in [6, 6.07) is 1.98. The van der Waals surface area contributed by atoms with Crippen molar-refractivity contribution in [3.8, 4) is 0 Å². The number of Topliss-reactive ketones (excluding diaryl/α,β-unsaturated/α-hetero) is 1. The molecule has 1 unspecified atom stereocenters. The van der Waals surface area contributed by atoms with E-state index in [2.05, 4.69) is 0 Å². The molecule has 21 heavy (non-hydrogen) atoms. The Bertz CT molecular complexity index is 480. The van der Waals surface area contributed by atoms with Gasteiger partial charge in [0.05, 0.1) is 11.1 Å². The van der Waals surface area contributed by atoms with E-state index in [9.17, 15) is 22.4 Å². The Labute approximate surface area is 122 Å².